The number of carbonyl (C=O) groups is 3. The third kappa shape index (κ3) is 6.39. The van der Waals surface area contributed by atoms with Crippen LogP contribution in [0.25, 0.3) is 0 Å². The second kappa shape index (κ2) is 9.36. The first kappa shape index (κ1) is 19.2. The van der Waals surface area contributed by atoms with Crippen LogP contribution in [-0.2, 0) is 25.5 Å². The summed E-state index contributed by atoms with van der Waals surface area (Å²) in [5.41, 5.74) is 2.23. The Bertz CT molecular complexity index is 757. The molecule has 0 radical (unpaired) electrons. The molecule has 0 aliphatic carbocycles. The number of aryl methyl sites for hydroxylation is 1. The molecule has 2 aromatic rings. The number of rotatable bonds is 7. The lowest BCUT2D eigenvalue weighted by molar-refractivity contribution is -0.153. The molecular weight excluding hydrogens is 332 g/mol. The van der Waals surface area contributed by atoms with Crippen molar-refractivity contribution in [3.05, 3.63) is 60.2 Å². The van der Waals surface area contributed by atoms with E-state index in [-0.39, 0.29) is 12.3 Å². The van der Waals surface area contributed by atoms with Crippen molar-refractivity contribution in [2.75, 3.05) is 10.6 Å². The molecule has 1 atom stereocenters. The van der Waals surface area contributed by atoms with Gasteiger partial charge in [0.2, 0.25) is 5.91 Å². The first-order valence-corrected chi connectivity index (χ1v) is 8.36. The Morgan fingerprint density at radius 2 is 1.50 bits per heavy atom. The number of ether oxygens (including phenoxy) is 1. The number of carbonyl (C=O) groups excluding carboxylic acids is 3. The van der Waals surface area contributed by atoms with Gasteiger partial charge in [0, 0.05) is 24.7 Å². The van der Waals surface area contributed by atoms with E-state index in [0.29, 0.717) is 17.8 Å². The summed E-state index contributed by atoms with van der Waals surface area (Å²) in [4.78, 5) is 35.0. The summed E-state index contributed by atoms with van der Waals surface area (Å²) in [7, 11) is 0. The zero-order valence-corrected chi connectivity index (χ0v) is 14.8. The lowest BCUT2D eigenvalue weighted by Crippen LogP contribution is -2.30. The van der Waals surface area contributed by atoms with Crippen molar-refractivity contribution in [3.8, 4) is 0 Å². The zero-order chi connectivity index (χ0) is 18.9. The van der Waals surface area contributed by atoms with E-state index in [9.17, 15) is 14.4 Å². The molecule has 0 aromatic heterocycles. The van der Waals surface area contributed by atoms with E-state index in [2.05, 4.69) is 10.6 Å². The van der Waals surface area contributed by atoms with Crippen LogP contribution in [-0.4, -0.2) is 23.9 Å². The molecule has 136 valence electrons. The molecule has 0 saturated carbocycles. The maximum Gasteiger partial charge on any atom is 0.306 e. The standard InChI is InChI=1S/C20H22N2O4/c1-14(26-19(24)13-8-16-6-4-3-5-7-16)20(25)22-18-11-9-17(10-12-18)21-15(2)23/h3-7,9-12,14H,8,13H2,1-2H3,(H,21,23)(H,22,25)/t14-/m0/s1. The molecule has 0 aliphatic heterocycles. The number of amides is 2. The molecule has 2 N–H and O–H groups in total. The summed E-state index contributed by atoms with van der Waals surface area (Å²) in [6, 6.07) is 16.3. The normalized spacial score (nSPS) is 11.3. The molecular formula is C20H22N2O4. The number of nitrogens with one attached hydrogen (secondary N) is 2. The molecule has 0 aliphatic rings. The molecule has 0 heterocycles. The van der Waals surface area contributed by atoms with Gasteiger partial charge in [-0.25, -0.2) is 0 Å². The molecule has 0 unspecified atom stereocenters. The van der Waals surface area contributed by atoms with Gasteiger partial charge in [-0.1, -0.05) is 30.3 Å². The fourth-order valence-electron chi connectivity index (χ4n) is 2.28. The number of esters is 1. The monoisotopic (exact) mass is 354 g/mol. The van der Waals surface area contributed by atoms with Crippen LogP contribution in [0.1, 0.15) is 25.8 Å². The second-order valence-electron chi connectivity index (χ2n) is 5.87. The van der Waals surface area contributed by atoms with E-state index < -0.39 is 18.0 Å². The maximum atomic E-state index is 12.1. The van der Waals surface area contributed by atoms with Gasteiger partial charge in [0.1, 0.15) is 0 Å². The number of anilines is 2. The summed E-state index contributed by atoms with van der Waals surface area (Å²) in [6.45, 7) is 2.95. The molecule has 0 saturated heterocycles. The highest BCUT2D eigenvalue weighted by atomic mass is 16.5. The Morgan fingerprint density at radius 3 is 2.08 bits per heavy atom. The van der Waals surface area contributed by atoms with Crippen LogP contribution in [0.4, 0.5) is 11.4 Å². The molecule has 2 rings (SSSR count). The van der Waals surface area contributed by atoms with Gasteiger partial charge in [-0.2, -0.15) is 0 Å². The van der Waals surface area contributed by atoms with Crippen LogP contribution in [0.3, 0.4) is 0 Å². The van der Waals surface area contributed by atoms with Crippen molar-refractivity contribution >= 4 is 29.2 Å². The Kier molecular flexibility index (Phi) is 6.91. The average molecular weight is 354 g/mol. The third-order valence-electron chi connectivity index (χ3n) is 3.61. The van der Waals surface area contributed by atoms with Crippen LogP contribution in [0, 0.1) is 0 Å². The highest BCUT2D eigenvalue weighted by Crippen LogP contribution is 2.14. The number of hydrogen-bond acceptors (Lipinski definition) is 4. The minimum Gasteiger partial charge on any atom is -0.453 e. The molecule has 6 heteroatoms. The summed E-state index contributed by atoms with van der Waals surface area (Å²) in [5, 5.41) is 5.31. The van der Waals surface area contributed by atoms with Crippen LogP contribution >= 0.6 is 0 Å². The first-order valence-electron chi connectivity index (χ1n) is 8.36. The fourth-order valence-corrected chi connectivity index (χ4v) is 2.28. The maximum absolute atomic E-state index is 12.1. The summed E-state index contributed by atoms with van der Waals surface area (Å²) < 4.78 is 5.17. The molecule has 0 bridgehead atoms. The van der Waals surface area contributed by atoms with Crippen molar-refractivity contribution in [2.24, 2.45) is 0 Å². The number of benzene rings is 2. The Labute approximate surface area is 152 Å². The van der Waals surface area contributed by atoms with Crippen molar-refractivity contribution < 1.29 is 19.1 Å². The van der Waals surface area contributed by atoms with E-state index >= 15 is 0 Å². The Morgan fingerprint density at radius 1 is 0.923 bits per heavy atom. The van der Waals surface area contributed by atoms with E-state index in [1.807, 2.05) is 30.3 Å². The second-order valence-corrected chi connectivity index (χ2v) is 5.87. The van der Waals surface area contributed by atoms with Crippen LogP contribution in [0.5, 0.6) is 0 Å². The van der Waals surface area contributed by atoms with Gasteiger partial charge in [-0.3, -0.25) is 14.4 Å². The van der Waals surface area contributed by atoms with Crippen molar-refractivity contribution in [1.29, 1.82) is 0 Å². The van der Waals surface area contributed by atoms with Gasteiger partial charge < -0.3 is 15.4 Å². The minimum atomic E-state index is -0.895. The van der Waals surface area contributed by atoms with E-state index in [1.54, 1.807) is 24.3 Å². The van der Waals surface area contributed by atoms with Gasteiger partial charge in [-0.15, -0.1) is 0 Å². The quantitative estimate of drug-likeness (QED) is 0.748. The average Bonchev–Trinajstić information content (AvgIpc) is 2.62. The third-order valence-corrected chi connectivity index (χ3v) is 3.61. The predicted molar refractivity (Wildman–Crippen MR) is 99.7 cm³/mol. The van der Waals surface area contributed by atoms with Gasteiger partial charge >= 0.3 is 5.97 Å². The van der Waals surface area contributed by atoms with Crippen molar-refractivity contribution in [1.82, 2.24) is 0 Å². The molecule has 0 fully saturated rings. The highest BCUT2D eigenvalue weighted by Gasteiger charge is 2.17. The molecule has 2 amide bonds. The summed E-state index contributed by atoms with van der Waals surface area (Å²) in [6.07, 6.45) is -0.112. The van der Waals surface area contributed by atoms with E-state index in [4.69, 9.17) is 4.74 Å². The zero-order valence-electron chi connectivity index (χ0n) is 14.8. The van der Waals surface area contributed by atoms with Gasteiger partial charge in [0.15, 0.2) is 6.10 Å². The molecule has 6 nitrogen and oxygen atoms in total. The molecule has 2 aromatic carbocycles. The van der Waals surface area contributed by atoms with Crippen molar-refractivity contribution in [2.45, 2.75) is 32.8 Å². The smallest absolute Gasteiger partial charge is 0.306 e. The van der Waals surface area contributed by atoms with Gasteiger partial charge in [0.05, 0.1) is 0 Å². The first-order chi connectivity index (χ1) is 12.4. The van der Waals surface area contributed by atoms with Crippen molar-refractivity contribution in [3.63, 3.8) is 0 Å². The highest BCUT2D eigenvalue weighted by molar-refractivity contribution is 5.95. The fraction of sp³-hybridized carbons (Fsp3) is 0.250. The summed E-state index contributed by atoms with van der Waals surface area (Å²) >= 11 is 0. The van der Waals surface area contributed by atoms with Gasteiger partial charge in [-0.05, 0) is 43.2 Å². The van der Waals surface area contributed by atoms with E-state index in [0.717, 1.165) is 5.56 Å². The van der Waals surface area contributed by atoms with Crippen LogP contribution < -0.4 is 10.6 Å². The Balaban J connectivity index is 1.79. The van der Waals surface area contributed by atoms with Crippen LogP contribution in [0.15, 0.2) is 54.6 Å². The topological polar surface area (TPSA) is 84.5 Å². The molecule has 26 heavy (non-hydrogen) atoms. The summed E-state index contributed by atoms with van der Waals surface area (Å²) in [5.74, 6) is -0.999. The van der Waals surface area contributed by atoms with E-state index in [1.165, 1.54) is 13.8 Å². The minimum absolute atomic E-state index is 0.169. The lowest BCUT2D eigenvalue weighted by atomic mass is 10.1. The number of hydrogen-bond donors (Lipinski definition) is 2. The SMILES string of the molecule is CC(=O)Nc1ccc(NC(=O)[C@H](C)OC(=O)CCc2ccccc2)cc1. The molecule has 0 spiro atoms. The lowest BCUT2D eigenvalue weighted by Gasteiger charge is -2.14. The predicted octanol–water partition coefficient (Wildman–Crippen LogP) is 3.15. The van der Waals surface area contributed by atoms with Gasteiger partial charge in [0.25, 0.3) is 5.91 Å². The van der Waals surface area contributed by atoms with Crippen LogP contribution in [0.2, 0.25) is 0 Å². The Hall–Kier alpha value is -3.15. The largest absolute Gasteiger partial charge is 0.453 e.